The van der Waals surface area contributed by atoms with E-state index in [2.05, 4.69) is 58.8 Å². The summed E-state index contributed by atoms with van der Waals surface area (Å²) in [5, 5.41) is 3.73. The van der Waals surface area contributed by atoms with Crippen LogP contribution in [0.2, 0.25) is 0 Å². The summed E-state index contributed by atoms with van der Waals surface area (Å²) in [6, 6.07) is 0.685. The van der Waals surface area contributed by atoms with Crippen LogP contribution in [-0.2, 0) is 0 Å². The third kappa shape index (κ3) is 4.55. The van der Waals surface area contributed by atoms with Crippen molar-refractivity contribution in [3.05, 3.63) is 0 Å². The van der Waals surface area contributed by atoms with Gasteiger partial charge in [0.1, 0.15) is 0 Å². The van der Waals surface area contributed by atoms with Gasteiger partial charge in [0.05, 0.1) is 0 Å². The topological polar surface area (TPSA) is 15.3 Å². The van der Waals surface area contributed by atoms with Crippen molar-refractivity contribution in [1.29, 1.82) is 0 Å². The second-order valence-corrected chi connectivity index (χ2v) is 8.08. The molecule has 1 aliphatic rings. The van der Waals surface area contributed by atoms with Gasteiger partial charge in [-0.05, 0) is 43.2 Å². The highest BCUT2D eigenvalue weighted by Gasteiger charge is 2.41. The molecule has 0 aromatic carbocycles. The van der Waals surface area contributed by atoms with Gasteiger partial charge in [0.15, 0.2) is 0 Å². The highest BCUT2D eigenvalue weighted by atomic mass is 15.1. The van der Waals surface area contributed by atoms with Crippen molar-refractivity contribution in [1.82, 2.24) is 10.2 Å². The van der Waals surface area contributed by atoms with Crippen molar-refractivity contribution in [3.63, 3.8) is 0 Å². The molecule has 108 valence electrons. The number of hydrogen-bond donors (Lipinski definition) is 1. The first-order chi connectivity index (χ1) is 8.15. The standard InChI is InChI=1S/C16H34N2/c1-8-17-14-13(9-10-16(14,5)6)11-18(7)12-15(2,3)4/h13-14,17H,8-12H2,1-7H3. The highest BCUT2D eigenvalue weighted by molar-refractivity contribution is 4.96. The normalized spacial score (nSPS) is 28.0. The van der Waals surface area contributed by atoms with Gasteiger partial charge in [0.2, 0.25) is 0 Å². The van der Waals surface area contributed by atoms with Crippen LogP contribution in [0.4, 0.5) is 0 Å². The fraction of sp³-hybridized carbons (Fsp3) is 1.00. The molecule has 0 radical (unpaired) electrons. The zero-order valence-electron chi connectivity index (χ0n) is 13.6. The van der Waals surface area contributed by atoms with Crippen molar-refractivity contribution in [2.75, 3.05) is 26.7 Å². The second kappa shape index (κ2) is 5.92. The van der Waals surface area contributed by atoms with Crippen LogP contribution in [0.5, 0.6) is 0 Å². The maximum Gasteiger partial charge on any atom is 0.0159 e. The smallest absolute Gasteiger partial charge is 0.0159 e. The molecule has 0 aliphatic heterocycles. The maximum absolute atomic E-state index is 3.73. The fourth-order valence-corrected chi connectivity index (χ4v) is 3.65. The van der Waals surface area contributed by atoms with E-state index in [4.69, 9.17) is 0 Å². The Hall–Kier alpha value is -0.0800. The zero-order valence-corrected chi connectivity index (χ0v) is 13.6. The molecule has 0 aromatic rings. The fourth-order valence-electron chi connectivity index (χ4n) is 3.65. The Kier molecular flexibility index (Phi) is 5.25. The summed E-state index contributed by atoms with van der Waals surface area (Å²) in [6.07, 6.45) is 2.73. The largest absolute Gasteiger partial charge is 0.313 e. The Labute approximate surface area is 115 Å². The van der Waals surface area contributed by atoms with Gasteiger partial charge >= 0.3 is 0 Å². The lowest BCUT2D eigenvalue weighted by Crippen LogP contribution is -2.46. The maximum atomic E-state index is 3.73. The minimum atomic E-state index is 0.399. The SMILES string of the molecule is CCNC1C(CN(C)CC(C)(C)C)CCC1(C)C. The van der Waals surface area contributed by atoms with E-state index >= 15 is 0 Å². The first-order valence-corrected chi connectivity index (χ1v) is 7.57. The van der Waals surface area contributed by atoms with Crippen LogP contribution in [0.25, 0.3) is 0 Å². The summed E-state index contributed by atoms with van der Waals surface area (Å²) in [5.41, 5.74) is 0.861. The molecule has 0 amide bonds. The van der Waals surface area contributed by atoms with Gasteiger partial charge in [0.25, 0.3) is 0 Å². The van der Waals surface area contributed by atoms with E-state index < -0.39 is 0 Å². The lowest BCUT2D eigenvalue weighted by molar-refractivity contribution is 0.170. The molecule has 2 atom stereocenters. The van der Waals surface area contributed by atoms with E-state index in [9.17, 15) is 0 Å². The molecular formula is C16H34N2. The van der Waals surface area contributed by atoms with Crippen LogP contribution in [0.3, 0.4) is 0 Å². The van der Waals surface area contributed by atoms with Crippen LogP contribution in [-0.4, -0.2) is 37.6 Å². The molecule has 0 saturated heterocycles. The van der Waals surface area contributed by atoms with Crippen molar-refractivity contribution in [2.45, 2.75) is 60.4 Å². The van der Waals surface area contributed by atoms with E-state index in [1.807, 2.05) is 0 Å². The summed E-state index contributed by atoms with van der Waals surface area (Å²) in [6.45, 7) is 17.5. The lowest BCUT2D eigenvalue weighted by Gasteiger charge is -2.35. The molecule has 1 rings (SSSR count). The van der Waals surface area contributed by atoms with Crippen molar-refractivity contribution in [2.24, 2.45) is 16.7 Å². The van der Waals surface area contributed by atoms with Gasteiger partial charge in [0, 0.05) is 19.1 Å². The average molecular weight is 254 g/mol. The monoisotopic (exact) mass is 254 g/mol. The Morgan fingerprint density at radius 1 is 1.28 bits per heavy atom. The molecule has 0 aromatic heterocycles. The Morgan fingerprint density at radius 2 is 1.89 bits per heavy atom. The van der Waals surface area contributed by atoms with E-state index in [1.165, 1.54) is 25.9 Å². The molecule has 1 saturated carbocycles. The third-order valence-electron chi connectivity index (χ3n) is 4.19. The summed E-state index contributed by atoms with van der Waals surface area (Å²) < 4.78 is 0. The molecule has 0 spiro atoms. The van der Waals surface area contributed by atoms with Gasteiger partial charge in [-0.1, -0.05) is 41.5 Å². The molecule has 2 unspecified atom stereocenters. The van der Waals surface area contributed by atoms with Crippen LogP contribution < -0.4 is 5.32 Å². The molecule has 18 heavy (non-hydrogen) atoms. The Morgan fingerprint density at radius 3 is 2.39 bits per heavy atom. The van der Waals surface area contributed by atoms with E-state index in [0.29, 0.717) is 16.9 Å². The summed E-state index contributed by atoms with van der Waals surface area (Å²) >= 11 is 0. The molecular weight excluding hydrogens is 220 g/mol. The molecule has 1 N–H and O–H groups in total. The quantitative estimate of drug-likeness (QED) is 0.809. The third-order valence-corrected chi connectivity index (χ3v) is 4.19. The van der Waals surface area contributed by atoms with Gasteiger partial charge in [-0.15, -0.1) is 0 Å². The van der Waals surface area contributed by atoms with E-state index in [0.717, 1.165) is 12.5 Å². The van der Waals surface area contributed by atoms with Crippen LogP contribution >= 0.6 is 0 Å². The highest BCUT2D eigenvalue weighted by Crippen LogP contribution is 2.41. The molecule has 2 heteroatoms. The van der Waals surface area contributed by atoms with Crippen LogP contribution in [0.15, 0.2) is 0 Å². The van der Waals surface area contributed by atoms with Gasteiger partial charge in [-0.25, -0.2) is 0 Å². The number of rotatable bonds is 5. The van der Waals surface area contributed by atoms with Crippen molar-refractivity contribution < 1.29 is 0 Å². The molecule has 1 fully saturated rings. The number of nitrogens with zero attached hydrogens (tertiary/aromatic N) is 1. The summed E-state index contributed by atoms with van der Waals surface area (Å²) in [7, 11) is 2.28. The number of hydrogen-bond acceptors (Lipinski definition) is 2. The van der Waals surface area contributed by atoms with Crippen LogP contribution in [0.1, 0.15) is 54.4 Å². The predicted octanol–water partition coefficient (Wildman–Crippen LogP) is 3.38. The second-order valence-electron chi connectivity index (χ2n) is 8.08. The Bertz CT molecular complexity index is 252. The van der Waals surface area contributed by atoms with Gasteiger partial charge < -0.3 is 10.2 Å². The van der Waals surface area contributed by atoms with Gasteiger partial charge in [-0.2, -0.15) is 0 Å². The minimum Gasteiger partial charge on any atom is -0.313 e. The first-order valence-electron chi connectivity index (χ1n) is 7.57. The minimum absolute atomic E-state index is 0.399. The lowest BCUT2D eigenvalue weighted by atomic mass is 9.84. The molecule has 1 aliphatic carbocycles. The first kappa shape index (κ1) is 16.0. The van der Waals surface area contributed by atoms with Crippen LogP contribution in [0, 0.1) is 16.7 Å². The summed E-state index contributed by atoms with van der Waals surface area (Å²) in [4.78, 5) is 2.52. The van der Waals surface area contributed by atoms with Crippen molar-refractivity contribution in [3.8, 4) is 0 Å². The zero-order chi connectivity index (χ0) is 14.0. The molecule has 0 heterocycles. The van der Waals surface area contributed by atoms with E-state index in [-0.39, 0.29) is 0 Å². The average Bonchev–Trinajstić information content (AvgIpc) is 2.42. The summed E-state index contributed by atoms with van der Waals surface area (Å²) in [5.74, 6) is 0.812. The predicted molar refractivity (Wildman–Crippen MR) is 80.9 cm³/mol. The van der Waals surface area contributed by atoms with Gasteiger partial charge in [-0.3, -0.25) is 0 Å². The molecule has 2 nitrogen and oxygen atoms in total. The molecule has 0 bridgehead atoms. The van der Waals surface area contributed by atoms with Crippen molar-refractivity contribution >= 4 is 0 Å². The Balaban J connectivity index is 2.55. The van der Waals surface area contributed by atoms with E-state index in [1.54, 1.807) is 0 Å². The number of nitrogens with one attached hydrogen (secondary N) is 1.